The van der Waals surface area contributed by atoms with Gasteiger partial charge in [-0.25, -0.2) is 4.99 Å². The molecule has 0 saturated heterocycles. The van der Waals surface area contributed by atoms with Crippen LogP contribution in [0.2, 0.25) is 0 Å². The van der Waals surface area contributed by atoms with Gasteiger partial charge in [-0.05, 0) is 31.0 Å². The van der Waals surface area contributed by atoms with Crippen LogP contribution in [0.15, 0.2) is 59.6 Å². The van der Waals surface area contributed by atoms with Crippen LogP contribution in [0.1, 0.15) is 25.0 Å². The van der Waals surface area contributed by atoms with Crippen LogP contribution in [0.3, 0.4) is 0 Å². The molecule has 0 fully saturated rings. The van der Waals surface area contributed by atoms with Crippen molar-refractivity contribution in [1.82, 2.24) is 0 Å². The highest BCUT2D eigenvalue weighted by molar-refractivity contribution is 8.13. The quantitative estimate of drug-likeness (QED) is 0.750. The lowest BCUT2D eigenvalue weighted by Gasteiger charge is -2.21. The van der Waals surface area contributed by atoms with Crippen LogP contribution in [0.25, 0.3) is 0 Å². The van der Waals surface area contributed by atoms with Gasteiger partial charge >= 0.3 is 0 Å². The fraction of sp³-hybridized carbons (Fsp3) is 0.235. The molecule has 1 nitrogen and oxygen atoms in total. The van der Waals surface area contributed by atoms with Crippen molar-refractivity contribution >= 4 is 22.5 Å². The van der Waals surface area contributed by atoms with Crippen LogP contribution >= 0.6 is 11.8 Å². The molecule has 0 unspecified atom stereocenters. The molecule has 3 rings (SSSR count). The Morgan fingerprint density at radius 1 is 0.947 bits per heavy atom. The molecule has 0 aliphatic carbocycles. The molecule has 0 aromatic heterocycles. The number of nitrogens with zero attached hydrogens (tertiary/aromatic N) is 1. The van der Waals surface area contributed by atoms with E-state index in [2.05, 4.69) is 68.4 Å². The van der Waals surface area contributed by atoms with Crippen LogP contribution in [0.5, 0.6) is 0 Å². The number of hydrogen-bond donors (Lipinski definition) is 0. The maximum Gasteiger partial charge on any atom is 0.0843 e. The van der Waals surface area contributed by atoms with Gasteiger partial charge in [0.1, 0.15) is 0 Å². The largest absolute Gasteiger partial charge is 0.245 e. The zero-order chi connectivity index (χ0) is 13.3. The smallest absolute Gasteiger partial charge is 0.0843 e. The minimum atomic E-state index is 0.0377. The van der Waals surface area contributed by atoms with E-state index < -0.39 is 0 Å². The molecule has 1 heterocycles. The van der Waals surface area contributed by atoms with Crippen molar-refractivity contribution in [3.63, 3.8) is 0 Å². The van der Waals surface area contributed by atoms with Crippen molar-refractivity contribution in [1.29, 1.82) is 0 Å². The highest BCUT2D eigenvalue weighted by Gasteiger charge is 2.34. The van der Waals surface area contributed by atoms with E-state index >= 15 is 0 Å². The third-order valence-corrected chi connectivity index (χ3v) is 4.91. The van der Waals surface area contributed by atoms with E-state index in [0.717, 1.165) is 11.4 Å². The predicted molar refractivity (Wildman–Crippen MR) is 84.3 cm³/mol. The number of fused-ring (bicyclic) bond motifs is 1. The van der Waals surface area contributed by atoms with Crippen molar-refractivity contribution in [3.8, 4) is 0 Å². The lowest BCUT2D eigenvalue weighted by atomic mass is 9.87. The fourth-order valence-corrected chi connectivity index (χ4v) is 3.53. The van der Waals surface area contributed by atoms with E-state index in [0.29, 0.717) is 0 Å². The van der Waals surface area contributed by atoms with Gasteiger partial charge in [0.05, 0.1) is 10.7 Å². The predicted octanol–water partition coefficient (Wildman–Crippen LogP) is 4.94. The molecule has 0 amide bonds. The van der Waals surface area contributed by atoms with Gasteiger partial charge in [0.25, 0.3) is 0 Å². The molecule has 2 aromatic carbocycles. The number of benzene rings is 2. The fourth-order valence-electron chi connectivity index (χ4n) is 2.40. The minimum absolute atomic E-state index is 0.0377. The Balaban J connectivity index is 1.80. The molecule has 0 bridgehead atoms. The molecular formula is C17H17NS. The Kier molecular flexibility index (Phi) is 3.19. The molecule has 0 N–H and O–H groups in total. The molecular weight excluding hydrogens is 250 g/mol. The molecule has 1 aliphatic rings. The van der Waals surface area contributed by atoms with Crippen LogP contribution < -0.4 is 0 Å². The van der Waals surface area contributed by atoms with Crippen LogP contribution in [-0.4, -0.2) is 5.04 Å². The SMILES string of the molecule is CC1(C)C(SCc2ccccc2)=Nc2ccccc21. The Bertz CT molecular complexity index is 614. The first-order valence-corrected chi connectivity index (χ1v) is 7.52. The molecule has 0 radical (unpaired) electrons. The zero-order valence-electron chi connectivity index (χ0n) is 11.3. The lowest BCUT2D eigenvalue weighted by Crippen LogP contribution is -2.22. The van der Waals surface area contributed by atoms with Gasteiger partial charge in [0, 0.05) is 11.2 Å². The topological polar surface area (TPSA) is 12.4 Å². The van der Waals surface area contributed by atoms with E-state index in [4.69, 9.17) is 4.99 Å². The first-order valence-electron chi connectivity index (χ1n) is 6.53. The summed E-state index contributed by atoms with van der Waals surface area (Å²) in [6.45, 7) is 4.52. The second-order valence-corrected chi connectivity index (χ2v) is 6.30. The van der Waals surface area contributed by atoms with Gasteiger partial charge in [-0.2, -0.15) is 0 Å². The summed E-state index contributed by atoms with van der Waals surface area (Å²) in [7, 11) is 0. The number of para-hydroxylation sites is 1. The summed E-state index contributed by atoms with van der Waals surface area (Å²) in [6, 6.07) is 19.0. The minimum Gasteiger partial charge on any atom is -0.245 e. The molecule has 0 atom stereocenters. The zero-order valence-corrected chi connectivity index (χ0v) is 12.1. The second-order valence-electron chi connectivity index (χ2n) is 5.33. The average Bonchev–Trinajstić information content (AvgIpc) is 2.70. The van der Waals surface area contributed by atoms with Crippen LogP contribution in [0, 0.1) is 0 Å². The van der Waals surface area contributed by atoms with Crippen molar-refractivity contribution in [2.24, 2.45) is 4.99 Å². The molecule has 2 heteroatoms. The average molecular weight is 267 g/mol. The number of rotatable bonds is 2. The third-order valence-electron chi connectivity index (χ3n) is 3.55. The maximum absolute atomic E-state index is 4.80. The Morgan fingerprint density at radius 2 is 1.63 bits per heavy atom. The van der Waals surface area contributed by atoms with Crippen molar-refractivity contribution in [2.45, 2.75) is 25.0 Å². The van der Waals surface area contributed by atoms with E-state index in [9.17, 15) is 0 Å². The van der Waals surface area contributed by atoms with Crippen molar-refractivity contribution in [2.75, 3.05) is 0 Å². The summed E-state index contributed by atoms with van der Waals surface area (Å²) in [6.07, 6.45) is 0. The normalized spacial score (nSPS) is 16.0. The molecule has 1 aliphatic heterocycles. The summed E-state index contributed by atoms with van der Waals surface area (Å²) >= 11 is 1.85. The highest BCUT2D eigenvalue weighted by Crippen LogP contribution is 2.43. The Labute approximate surface area is 118 Å². The number of thioether (sulfide) groups is 1. The standard InChI is InChI=1S/C17H17NS/c1-17(2)14-10-6-7-11-15(14)18-16(17)19-12-13-8-4-3-5-9-13/h3-11H,12H2,1-2H3. The van der Waals surface area contributed by atoms with Crippen molar-refractivity contribution in [3.05, 3.63) is 65.7 Å². The maximum atomic E-state index is 4.80. The summed E-state index contributed by atoms with van der Waals surface area (Å²) in [5, 5.41) is 1.22. The van der Waals surface area contributed by atoms with Gasteiger partial charge in [0.2, 0.25) is 0 Å². The number of aliphatic imine (C=N–C) groups is 1. The summed E-state index contributed by atoms with van der Waals surface area (Å²) in [4.78, 5) is 4.80. The molecule has 0 saturated carbocycles. The molecule has 19 heavy (non-hydrogen) atoms. The monoisotopic (exact) mass is 267 g/mol. The van der Waals surface area contributed by atoms with E-state index in [-0.39, 0.29) is 5.41 Å². The van der Waals surface area contributed by atoms with Crippen LogP contribution in [-0.2, 0) is 11.2 Å². The van der Waals surface area contributed by atoms with Crippen molar-refractivity contribution < 1.29 is 0 Å². The first-order chi connectivity index (χ1) is 9.18. The van der Waals surface area contributed by atoms with Gasteiger partial charge in [-0.3, -0.25) is 0 Å². The number of hydrogen-bond acceptors (Lipinski definition) is 2. The van der Waals surface area contributed by atoms with Gasteiger partial charge in [-0.15, -0.1) is 11.8 Å². The Morgan fingerprint density at radius 3 is 2.37 bits per heavy atom. The highest BCUT2D eigenvalue weighted by atomic mass is 32.2. The van der Waals surface area contributed by atoms with E-state index in [1.54, 1.807) is 0 Å². The molecule has 96 valence electrons. The lowest BCUT2D eigenvalue weighted by molar-refractivity contribution is 0.748. The summed E-state index contributed by atoms with van der Waals surface area (Å²) < 4.78 is 0. The second kappa shape index (κ2) is 4.86. The molecule has 0 spiro atoms. The van der Waals surface area contributed by atoms with Gasteiger partial charge in [-0.1, -0.05) is 48.5 Å². The summed E-state index contributed by atoms with van der Waals surface area (Å²) in [5.74, 6) is 0.983. The van der Waals surface area contributed by atoms with E-state index in [1.165, 1.54) is 16.2 Å². The molecule has 2 aromatic rings. The van der Waals surface area contributed by atoms with Gasteiger partial charge < -0.3 is 0 Å². The Hall–Kier alpha value is -1.54. The van der Waals surface area contributed by atoms with Crippen LogP contribution in [0.4, 0.5) is 5.69 Å². The summed E-state index contributed by atoms with van der Waals surface area (Å²) in [5.41, 5.74) is 3.85. The van der Waals surface area contributed by atoms with E-state index in [1.807, 2.05) is 11.8 Å². The van der Waals surface area contributed by atoms with Gasteiger partial charge in [0.15, 0.2) is 0 Å². The third kappa shape index (κ3) is 2.33. The first kappa shape index (κ1) is 12.5.